The molecule has 0 saturated carbocycles. The van der Waals surface area contributed by atoms with E-state index in [1.807, 2.05) is 18.2 Å². The molecule has 0 unspecified atom stereocenters. The van der Waals surface area contributed by atoms with Gasteiger partial charge in [0.25, 0.3) is 0 Å². The van der Waals surface area contributed by atoms with E-state index in [1.54, 1.807) is 23.5 Å². The van der Waals surface area contributed by atoms with Gasteiger partial charge < -0.3 is 10.4 Å². The molecular weight excluding hydrogens is 309 g/mol. The predicted molar refractivity (Wildman–Crippen MR) is 92.6 cm³/mol. The Kier molecular flexibility index (Phi) is 5.18. The average molecular weight is 327 g/mol. The van der Waals surface area contributed by atoms with Gasteiger partial charge in [-0.1, -0.05) is 36.4 Å². The van der Waals surface area contributed by atoms with Crippen molar-refractivity contribution in [3.8, 4) is 11.1 Å². The first kappa shape index (κ1) is 15.9. The smallest absolute Gasteiger partial charge is 0.128 e. The van der Waals surface area contributed by atoms with Crippen LogP contribution >= 0.6 is 11.3 Å². The van der Waals surface area contributed by atoms with Crippen molar-refractivity contribution in [2.24, 2.45) is 0 Å². The summed E-state index contributed by atoms with van der Waals surface area (Å²) in [5.74, 6) is -0.359. The van der Waals surface area contributed by atoms with E-state index in [4.69, 9.17) is 5.11 Å². The summed E-state index contributed by atoms with van der Waals surface area (Å²) in [6.07, 6.45) is 0. The molecule has 0 aliphatic carbocycles. The van der Waals surface area contributed by atoms with Gasteiger partial charge in [-0.3, -0.25) is 0 Å². The Hall–Kier alpha value is -2.01. The molecule has 4 heteroatoms. The van der Waals surface area contributed by atoms with E-state index in [9.17, 15) is 4.39 Å². The Morgan fingerprint density at radius 2 is 1.78 bits per heavy atom. The summed E-state index contributed by atoms with van der Waals surface area (Å²) in [6, 6.07) is 17.3. The van der Waals surface area contributed by atoms with E-state index in [0.29, 0.717) is 12.1 Å². The molecule has 2 N–H and O–H groups in total. The van der Waals surface area contributed by atoms with Gasteiger partial charge in [-0.25, -0.2) is 4.39 Å². The van der Waals surface area contributed by atoms with Gasteiger partial charge >= 0.3 is 0 Å². The van der Waals surface area contributed by atoms with Crippen LogP contribution in [0.25, 0.3) is 11.1 Å². The molecule has 23 heavy (non-hydrogen) atoms. The molecule has 1 aromatic heterocycles. The van der Waals surface area contributed by atoms with Crippen LogP contribution in [-0.2, 0) is 19.7 Å². The molecule has 2 aromatic carbocycles. The van der Waals surface area contributed by atoms with E-state index in [2.05, 4.69) is 28.9 Å². The summed E-state index contributed by atoms with van der Waals surface area (Å²) in [6.45, 7) is 1.14. The zero-order valence-electron chi connectivity index (χ0n) is 12.6. The standard InChI is InChI=1S/C19H18FNOS/c20-19-7-6-14(8-16(19)12-22)10-21-11-18-9-17(13-23-18)15-4-2-1-3-5-15/h1-9,13,21-22H,10-12H2. The highest BCUT2D eigenvalue weighted by molar-refractivity contribution is 7.10. The minimum atomic E-state index is -0.359. The van der Waals surface area contributed by atoms with E-state index in [1.165, 1.54) is 22.1 Å². The maximum atomic E-state index is 13.3. The van der Waals surface area contributed by atoms with E-state index in [-0.39, 0.29) is 12.4 Å². The van der Waals surface area contributed by atoms with E-state index < -0.39 is 0 Å². The van der Waals surface area contributed by atoms with Crippen LogP contribution in [0.2, 0.25) is 0 Å². The molecule has 3 aromatic rings. The molecule has 0 aliphatic heterocycles. The number of aliphatic hydroxyl groups is 1. The lowest BCUT2D eigenvalue weighted by Crippen LogP contribution is -2.12. The van der Waals surface area contributed by atoms with Crippen molar-refractivity contribution in [1.29, 1.82) is 0 Å². The Morgan fingerprint density at radius 1 is 0.957 bits per heavy atom. The Balaban J connectivity index is 1.58. The highest BCUT2D eigenvalue weighted by Gasteiger charge is 2.04. The SMILES string of the molecule is OCc1cc(CNCc2cc(-c3ccccc3)cs2)ccc1F. The molecule has 0 bridgehead atoms. The fourth-order valence-corrected chi connectivity index (χ4v) is 3.31. The van der Waals surface area contributed by atoms with Gasteiger partial charge in [0.05, 0.1) is 6.61 Å². The lowest BCUT2D eigenvalue weighted by atomic mass is 10.1. The van der Waals surface area contributed by atoms with Gasteiger partial charge in [0.2, 0.25) is 0 Å². The van der Waals surface area contributed by atoms with Crippen LogP contribution < -0.4 is 5.32 Å². The van der Waals surface area contributed by atoms with Crippen LogP contribution in [0.5, 0.6) is 0 Å². The third-order valence-electron chi connectivity index (χ3n) is 3.67. The average Bonchev–Trinajstić information content (AvgIpc) is 3.06. The summed E-state index contributed by atoms with van der Waals surface area (Å²) < 4.78 is 13.3. The fourth-order valence-electron chi connectivity index (χ4n) is 2.44. The molecule has 0 aliphatic rings. The summed E-state index contributed by atoms with van der Waals surface area (Å²) >= 11 is 1.73. The van der Waals surface area contributed by atoms with Gasteiger partial charge in [0.1, 0.15) is 5.82 Å². The molecule has 0 spiro atoms. The molecule has 2 nitrogen and oxygen atoms in total. The van der Waals surface area contributed by atoms with E-state index >= 15 is 0 Å². The van der Waals surface area contributed by atoms with Gasteiger partial charge in [0.15, 0.2) is 0 Å². The van der Waals surface area contributed by atoms with Crippen LogP contribution in [0.1, 0.15) is 16.0 Å². The number of thiophene rings is 1. The molecule has 0 atom stereocenters. The summed E-state index contributed by atoms with van der Waals surface area (Å²) in [5, 5.41) is 14.6. The summed E-state index contributed by atoms with van der Waals surface area (Å²) in [5.41, 5.74) is 3.76. The van der Waals surface area contributed by atoms with Crippen LogP contribution in [0.15, 0.2) is 60.0 Å². The van der Waals surface area contributed by atoms with Crippen LogP contribution in [0.4, 0.5) is 4.39 Å². The second-order valence-corrected chi connectivity index (χ2v) is 6.35. The van der Waals surface area contributed by atoms with Gasteiger partial charge in [-0.15, -0.1) is 11.3 Å². The largest absolute Gasteiger partial charge is 0.392 e. The Morgan fingerprint density at radius 3 is 2.57 bits per heavy atom. The quantitative estimate of drug-likeness (QED) is 0.706. The zero-order chi connectivity index (χ0) is 16.1. The van der Waals surface area contributed by atoms with Gasteiger partial charge in [-0.05, 0) is 40.3 Å². The first-order valence-electron chi connectivity index (χ1n) is 7.48. The number of halogens is 1. The second kappa shape index (κ2) is 7.51. The number of aliphatic hydroxyl groups excluding tert-OH is 1. The zero-order valence-corrected chi connectivity index (χ0v) is 13.4. The van der Waals surface area contributed by atoms with Crippen molar-refractivity contribution in [2.45, 2.75) is 19.7 Å². The minimum Gasteiger partial charge on any atom is -0.392 e. The van der Waals surface area contributed by atoms with Gasteiger partial charge in [-0.2, -0.15) is 0 Å². The molecule has 118 valence electrons. The lowest BCUT2D eigenvalue weighted by molar-refractivity contribution is 0.275. The van der Waals surface area contributed by atoms with Crippen molar-refractivity contribution in [1.82, 2.24) is 5.32 Å². The van der Waals surface area contributed by atoms with E-state index in [0.717, 1.165) is 12.1 Å². The normalized spacial score (nSPS) is 10.9. The van der Waals surface area contributed by atoms with Gasteiger partial charge in [0, 0.05) is 23.5 Å². The lowest BCUT2D eigenvalue weighted by Gasteiger charge is -2.06. The molecule has 0 saturated heterocycles. The molecule has 0 radical (unpaired) electrons. The minimum absolute atomic E-state index is 0.273. The van der Waals surface area contributed by atoms with Crippen molar-refractivity contribution >= 4 is 11.3 Å². The third-order valence-corrected chi connectivity index (χ3v) is 4.61. The number of hydrogen-bond acceptors (Lipinski definition) is 3. The first-order chi connectivity index (χ1) is 11.3. The van der Waals surface area contributed by atoms with Crippen molar-refractivity contribution in [3.05, 3.63) is 81.8 Å². The van der Waals surface area contributed by atoms with Crippen molar-refractivity contribution in [3.63, 3.8) is 0 Å². The molecule has 0 fully saturated rings. The maximum Gasteiger partial charge on any atom is 0.128 e. The number of benzene rings is 2. The monoisotopic (exact) mass is 327 g/mol. The predicted octanol–water partition coefficient (Wildman–Crippen LogP) is 4.34. The second-order valence-electron chi connectivity index (χ2n) is 5.36. The number of rotatable bonds is 6. The van der Waals surface area contributed by atoms with Crippen molar-refractivity contribution in [2.75, 3.05) is 0 Å². The van der Waals surface area contributed by atoms with Crippen LogP contribution in [0, 0.1) is 5.82 Å². The highest BCUT2D eigenvalue weighted by atomic mass is 32.1. The third kappa shape index (κ3) is 4.05. The van der Waals surface area contributed by atoms with Crippen LogP contribution in [-0.4, -0.2) is 5.11 Å². The first-order valence-corrected chi connectivity index (χ1v) is 8.36. The molecular formula is C19H18FNOS. The number of nitrogens with one attached hydrogen (secondary N) is 1. The number of hydrogen-bond donors (Lipinski definition) is 2. The molecule has 1 heterocycles. The Bertz CT molecular complexity index is 770. The summed E-state index contributed by atoms with van der Waals surface area (Å²) in [7, 11) is 0. The topological polar surface area (TPSA) is 32.3 Å². The maximum absolute atomic E-state index is 13.3. The molecule has 0 amide bonds. The van der Waals surface area contributed by atoms with Crippen LogP contribution in [0.3, 0.4) is 0 Å². The summed E-state index contributed by atoms with van der Waals surface area (Å²) in [4.78, 5) is 1.26. The van der Waals surface area contributed by atoms with Crippen molar-refractivity contribution < 1.29 is 9.50 Å². The fraction of sp³-hybridized carbons (Fsp3) is 0.158. The molecule has 3 rings (SSSR count). The highest BCUT2D eigenvalue weighted by Crippen LogP contribution is 2.25. The Labute approximate surface area is 139 Å².